The Labute approximate surface area is 182 Å². The molecule has 31 heavy (non-hydrogen) atoms. The fourth-order valence-corrected chi connectivity index (χ4v) is 4.89. The summed E-state index contributed by atoms with van der Waals surface area (Å²) in [6, 6.07) is 7.08. The summed E-state index contributed by atoms with van der Waals surface area (Å²) >= 11 is 1.70. The van der Waals surface area contributed by atoms with Crippen molar-refractivity contribution < 1.29 is 13.9 Å². The fourth-order valence-electron chi connectivity index (χ4n) is 3.89. The van der Waals surface area contributed by atoms with Gasteiger partial charge in [-0.2, -0.15) is 0 Å². The molecule has 1 saturated heterocycles. The van der Waals surface area contributed by atoms with Gasteiger partial charge in [-0.3, -0.25) is 4.79 Å². The highest BCUT2D eigenvalue weighted by Crippen LogP contribution is 2.35. The van der Waals surface area contributed by atoms with Crippen LogP contribution in [0.3, 0.4) is 0 Å². The molecule has 158 valence electrons. The Bertz CT molecular complexity index is 1210. The zero-order chi connectivity index (χ0) is 21.4. The van der Waals surface area contributed by atoms with Crippen LogP contribution in [0.25, 0.3) is 21.7 Å². The van der Waals surface area contributed by atoms with Gasteiger partial charge in [0.25, 0.3) is 0 Å². The van der Waals surface area contributed by atoms with Crippen LogP contribution in [0.15, 0.2) is 41.4 Å². The average Bonchev–Trinajstić information content (AvgIpc) is 3.43. The lowest BCUT2D eigenvalue weighted by atomic mass is 9.96. The molecule has 1 aliphatic rings. The molecular formula is C22H21N5O3S. The molecule has 5 rings (SSSR count). The summed E-state index contributed by atoms with van der Waals surface area (Å²) in [5.74, 6) is 1.59. The SMILES string of the molecule is Cc1sc2ncnc(N3CCC(C(=O)Oc4ccc(-c5nnco5)cc4)CC3)c2c1C. The van der Waals surface area contributed by atoms with Crippen LogP contribution in [0.4, 0.5) is 5.82 Å². The fraction of sp³-hybridized carbons (Fsp3) is 0.318. The molecule has 0 aliphatic carbocycles. The van der Waals surface area contributed by atoms with E-state index in [0.717, 1.165) is 47.5 Å². The number of fused-ring (bicyclic) bond motifs is 1. The van der Waals surface area contributed by atoms with E-state index in [4.69, 9.17) is 9.15 Å². The minimum absolute atomic E-state index is 0.130. The summed E-state index contributed by atoms with van der Waals surface area (Å²) in [6.45, 7) is 5.75. The van der Waals surface area contributed by atoms with E-state index in [1.54, 1.807) is 41.9 Å². The molecule has 4 heterocycles. The van der Waals surface area contributed by atoms with E-state index in [0.29, 0.717) is 11.6 Å². The van der Waals surface area contributed by atoms with Crippen molar-refractivity contribution in [3.05, 3.63) is 47.4 Å². The van der Waals surface area contributed by atoms with E-state index in [1.807, 2.05) is 0 Å². The third kappa shape index (κ3) is 3.76. The summed E-state index contributed by atoms with van der Waals surface area (Å²) in [5.41, 5.74) is 2.02. The predicted molar refractivity (Wildman–Crippen MR) is 117 cm³/mol. The molecule has 4 aromatic rings. The third-order valence-corrected chi connectivity index (χ3v) is 6.87. The van der Waals surface area contributed by atoms with Gasteiger partial charge in [-0.25, -0.2) is 9.97 Å². The minimum atomic E-state index is -0.194. The predicted octanol–water partition coefficient (Wildman–Crippen LogP) is 4.18. The summed E-state index contributed by atoms with van der Waals surface area (Å²) in [5, 5.41) is 8.67. The van der Waals surface area contributed by atoms with Crippen LogP contribution in [0.1, 0.15) is 23.3 Å². The van der Waals surface area contributed by atoms with Crippen LogP contribution >= 0.6 is 11.3 Å². The molecule has 0 N–H and O–H groups in total. The zero-order valence-electron chi connectivity index (χ0n) is 17.2. The second-order valence-electron chi connectivity index (χ2n) is 7.61. The number of ether oxygens (including phenoxy) is 1. The summed E-state index contributed by atoms with van der Waals surface area (Å²) < 4.78 is 10.8. The zero-order valence-corrected chi connectivity index (χ0v) is 18.1. The monoisotopic (exact) mass is 435 g/mol. The number of carbonyl (C=O) groups is 1. The number of nitrogens with zero attached hydrogens (tertiary/aromatic N) is 5. The van der Waals surface area contributed by atoms with E-state index in [9.17, 15) is 4.79 Å². The van der Waals surface area contributed by atoms with E-state index in [-0.39, 0.29) is 11.9 Å². The number of aromatic nitrogens is 4. The smallest absolute Gasteiger partial charge is 0.314 e. The summed E-state index contributed by atoms with van der Waals surface area (Å²) in [7, 11) is 0. The van der Waals surface area contributed by atoms with Crippen LogP contribution < -0.4 is 9.64 Å². The molecule has 0 saturated carbocycles. The van der Waals surface area contributed by atoms with Gasteiger partial charge in [0.15, 0.2) is 0 Å². The van der Waals surface area contributed by atoms with Gasteiger partial charge >= 0.3 is 5.97 Å². The quantitative estimate of drug-likeness (QED) is 0.348. The van der Waals surface area contributed by atoms with Crippen LogP contribution in [0.5, 0.6) is 5.75 Å². The Morgan fingerprint density at radius 1 is 1.16 bits per heavy atom. The first kappa shape index (κ1) is 19.6. The number of esters is 1. The van der Waals surface area contributed by atoms with Gasteiger partial charge in [-0.05, 0) is 56.5 Å². The molecule has 0 spiro atoms. The molecule has 0 amide bonds. The molecule has 0 radical (unpaired) electrons. The number of hydrogen-bond acceptors (Lipinski definition) is 9. The molecule has 9 heteroatoms. The van der Waals surface area contributed by atoms with Crippen molar-refractivity contribution in [1.29, 1.82) is 0 Å². The van der Waals surface area contributed by atoms with Crippen molar-refractivity contribution in [3.8, 4) is 17.2 Å². The molecule has 8 nitrogen and oxygen atoms in total. The summed E-state index contributed by atoms with van der Waals surface area (Å²) in [4.78, 5) is 26.2. The molecule has 1 aliphatic heterocycles. The van der Waals surface area contributed by atoms with Gasteiger partial charge in [0.1, 0.15) is 22.7 Å². The van der Waals surface area contributed by atoms with E-state index in [1.165, 1.54) is 16.8 Å². The normalized spacial score (nSPS) is 14.8. The maximum atomic E-state index is 12.7. The maximum absolute atomic E-state index is 12.7. The highest BCUT2D eigenvalue weighted by atomic mass is 32.1. The number of carbonyl (C=O) groups excluding carboxylic acids is 1. The number of benzene rings is 1. The number of anilines is 1. The Kier molecular flexibility index (Phi) is 5.11. The third-order valence-electron chi connectivity index (χ3n) is 5.75. The molecule has 1 aromatic carbocycles. The maximum Gasteiger partial charge on any atom is 0.314 e. The van der Waals surface area contributed by atoms with Gasteiger partial charge < -0.3 is 14.1 Å². The Morgan fingerprint density at radius 2 is 1.94 bits per heavy atom. The lowest BCUT2D eigenvalue weighted by Crippen LogP contribution is -2.38. The van der Waals surface area contributed by atoms with E-state index < -0.39 is 0 Å². The highest BCUT2D eigenvalue weighted by Gasteiger charge is 2.28. The first-order valence-corrected chi connectivity index (χ1v) is 11.0. The first-order valence-electron chi connectivity index (χ1n) is 10.1. The molecule has 0 atom stereocenters. The molecule has 0 bridgehead atoms. The molecule has 0 unspecified atom stereocenters. The van der Waals surface area contributed by atoms with Crippen molar-refractivity contribution >= 4 is 33.3 Å². The Morgan fingerprint density at radius 3 is 2.65 bits per heavy atom. The van der Waals surface area contributed by atoms with Crippen molar-refractivity contribution in [2.75, 3.05) is 18.0 Å². The van der Waals surface area contributed by atoms with Crippen LogP contribution in [-0.2, 0) is 4.79 Å². The van der Waals surface area contributed by atoms with Gasteiger partial charge in [-0.15, -0.1) is 21.5 Å². The van der Waals surface area contributed by atoms with Crippen molar-refractivity contribution in [2.45, 2.75) is 26.7 Å². The number of hydrogen-bond donors (Lipinski definition) is 0. The second kappa shape index (κ2) is 8.07. The van der Waals surface area contributed by atoms with Gasteiger partial charge in [0.2, 0.25) is 12.3 Å². The van der Waals surface area contributed by atoms with E-state index >= 15 is 0 Å². The highest BCUT2D eigenvalue weighted by molar-refractivity contribution is 7.18. The topological polar surface area (TPSA) is 94.2 Å². The molecule has 1 fully saturated rings. The van der Waals surface area contributed by atoms with Crippen molar-refractivity contribution in [1.82, 2.24) is 20.2 Å². The van der Waals surface area contributed by atoms with E-state index in [2.05, 4.69) is 38.9 Å². The first-order chi connectivity index (χ1) is 15.1. The lowest BCUT2D eigenvalue weighted by Gasteiger charge is -2.32. The number of rotatable bonds is 4. The largest absolute Gasteiger partial charge is 0.426 e. The van der Waals surface area contributed by atoms with Crippen LogP contribution in [0.2, 0.25) is 0 Å². The Balaban J connectivity index is 1.23. The standard InChI is InChI=1S/C22H21N5O3S/c1-13-14(2)31-21-18(13)19(23-11-24-21)27-9-7-16(8-10-27)22(28)30-17-5-3-15(4-6-17)20-26-25-12-29-20/h3-6,11-12,16H,7-10H2,1-2H3. The minimum Gasteiger partial charge on any atom is -0.426 e. The van der Waals surface area contributed by atoms with Gasteiger partial charge in [0.05, 0.1) is 11.3 Å². The number of thiophene rings is 1. The second-order valence-corrected chi connectivity index (χ2v) is 8.81. The average molecular weight is 436 g/mol. The Hall–Kier alpha value is -3.33. The van der Waals surface area contributed by atoms with Crippen molar-refractivity contribution in [3.63, 3.8) is 0 Å². The van der Waals surface area contributed by atoms with Crippen LogP contribution in [-0.4, -0.2) is 39.2 Å². The number of aryl methyl sites for hydroxylation is 2. The van der Waals surface area contributed by atoms with Crippen molar-refractivity contribution in [2.24, 2.45) is 5.92 Å². The van der Waals surface area contributed by atoms with Gasteiger partial charge in [-0.1, -0.05) is 0 Å². The number of piperidine rings is 1. The summed E-state index contributed by atoms with van der Waals surface area (Å²) in [6.07, 6.45) is 4.37. The lowest BCUT2D eigenvalue weighted by molar-refractivity contribution is -0.139. The molecule has 3 aromatic heterocycles. The molecular weight excluding hydrogens is 414 g/mol. The van der Waals surface area contributed by atoms with Crippen LogP contribution in [0, 0.1) is 19.8 Å². The van der Waals surface area contributed by atoms with Gasteiger partial charge in [0, 0.05) is 23.5 Å².